The van der Waals surface area contributed by atoms with Crippen LogP contribution in [-0.2, 0) is 6.54 Å². The molecule has 13 heavy (non-hydrogen) atoms. The van der Waals surface area contributed by atoms with Crippen LogP contribution in [0.1, 0.15) is 5.76 Å². The van der Waals surface area contributed by atoms with Crippen LogP contribution in [0.5, 0.6) is 0 Å². The SMILES string of the molecule is NCc1cc(-c2ccccc2)co1. The van der Waals surface area contributed by atoms with Crippen molar-refractivity contribution < 1.29 is 4.42 Å². The van der Waals surface area contributed by atoms with E-state index in [1.807, 2.05) is 36.4 Å². The Morgan fingerprint density at radius 3 is 2.46 bits per heavy atom. The van der Waals surface area contributed by atoms with E-state index in [4.69, 9.17) is 10.2 Å². The maximum absolute atomic E-state index is 5.45. The highest BCUT2D eigenvalue weighted by atomic mass is 16.3. The second-order valence-corrected chi connectivity index (χ2v) is 2.87. The summed E-state index contributed by atoms with van der Waals surface area (Å²) in [5.41, 5.74) is 7.69. The van der Waals surface area contributed by atoms with Crippen LogP contribution >= 0.6 is 0 Å². The summed E-state index contributed by atoms with van der Waals surface area (Å²) in [5.74, 6) is 0.818. The lowest BCUT2D eigenvalue weighted by Gasteiger charge is -1.92. The molecule has 66 valence electrons. The Balaban J connectivity index is 2.36. The number of rotatable bonds is 2. The van der Waals surface area contributed by atoms with E-state index in [1.165, 1.54) is 0 Å². The largest absolute Gasteiger partial charge is 0.467 e. The van der Waals surface area contributed by atoms with E-state index in [9.17, 15) is 0 Å². The zero-order valence-electron chi connectivity index (χ0n) is 7.23. The minimum atomic E-state index is 0.451. The molecule has 1 aromatic carbocycles. The molecule has 0 bridgehead atoms. The van der Waals surface area contributed by atoms with E-state index in [0.29, 0.717) is 6.54 Å². The van der Waals surface area contributed by atoms with Gasteiger partial charge in [-0.15, -0.1) is 0 Å². The molecule has 2 rings (SSSR count). The highest BCUT2D eigenvalue weighted by Gasteiger charge is 2.01. The van der Waals surface area contributed by atoms with Crippen molar-refractivity contribution >= 4 is 0 Å². The van der Waals surface area contributed by atoms with Gasteiger partial charge in [0.15, 0.2) is 0 Å². The molecule has 0 saturated carbocycles. The van der Waals surface area contributed by atoms with Gasteiger partial charge in [0, 0.05) is 5.56 Å². The van der Waals surface area contributed by atoms with Crippen molar-refractivity contribution in [2.24, 2.45) is 5.73 Å². The molecule has 0 aliphatic rings. The van der Waals surface area contributed by atoms with E-state index in [-0.39, 0.29) is 0 Å². The Morgan fingerprint density at radius 1 is 1.08 bits per heavy atom. The van der Waals surface area contributed by atoms with Crippen LogP contribution in [0.3, 0.4) is 0 Å². The molecule has 0 spiro atoms. The standard InChI is InChI=1S/C11H11NO/c12-7-11-6-10(8-13-11)9-4-2-1-3-5-9/h1-6,8H,7,12H2. The second-order valence-electron chi connectivity index (χ2n) is 2.87. The van der Waals surface area contributed by atoms with Gasteiger partial charge >= 0.3 is 0 Å². The summed E-state index contributed by atoms with van der Waals surface area (Å²) < 4.78 is 5.24. The van der Waals surface area contributed by atoms with Crippen LogP contribution in [0.15, 0.2) is 47.1 Å². The maximum atomic E-state index is 5.45. The van der Waals surface area contributed by atoms with E-state index in [2.05, 4.69) is 0 Å². The predicted octanol–water partition coefficient (Wildman–Crippen LogP) is 2.41. The van der Waals surface area contributed by atoms with E-state index in [0.717, 1.165) is 16.9 Å². The van der Waals surface area contributed by atoms with Crippen LogP contribution in [0, 0.1) is 0 Å². The quantitative estimate of drug-likeness (QED) is 0.757. The molecule has 1 heterocycles. The summed E-state index contributed by atoms with van der Waals surface area (Å²) in [4.78, 5) is 0. The third-order valence-corrected chi connectivity index (χ3v) is 1.96. The monoisotopic (exact) mass is 173 g/mol. The average molecular weight is 173 g/mol. The van der Waals surface area contributed by atoms with Crippen molar-refractivity contribution in [2.45, 2.75) is 6.54 Å². The first kappa shape index (κ1) is 8.08. The third kappa shape index (κ3) is 1.63. The van der Waals surface area contributed by atoms with Gasteiger partial charge in [0.1, 0.15) is 5.76 Å². The van der Waals surface area contributed by atoms with Crippen molar-refractivity contribution in [3.05, 3.63) is 48.4 Å². The van der Waals surface area contributed by atoms with Gasteiger partial charge in [0.05, 0.1) is 12.8 Å². The van der Waals surface area contributed by atoms with Crippen molar-refractivity contribution in [2.75, 3.05) is 0 Å². The van der Waals surface area contributed by atoms with E-state index < -0.39 is 0 Å². The molecule has 2 aromatic rings. The number of hydrogen-bond acceptors (Lipinski definition) is 2. The molecule has 0 atom stereocenters. The van der Waals surface area contributed by atoms with Crippen LogP contribution in [0.25, 0.3) is 11.1 Å². The maximum Gasteiger partial charge on any atom is 0.117 e. The van der Waals surface area contributed by atoms with Crippen molar-refractivity contribution in [3.63, 3.8) is 0 Å². The number of benzene rings is 1. The Hall–Kier alpha value is -1.54. The molecule has 0 radical (unpaired) electrons. The number of nitrogens with two attached hydrogens (primary N) is 1. The van der Waals surface area contributed by atoms with Crippen LogP contribution in [0.2, 0.25) is 0 Å². The zero-order valence-corrected chi connectivity index (χ0v) is 7.23. The lowest BCUT2D eigenvalue weighted by atomic mass is 10.1. The first-order chi connectivity index (χ1) is 6.40. The molecule has 0 fully saturated rings. The third-order valence-electron chi connectivity index (χ3n) is 1.96. The van der Waals surface area contributed by atoms with E-state index in [1.54, 1.807) is 6.26 Å². The highest BCUT2D eigenvalue weighted by molar-refractivity contribution is 5.62. The lowest BCUT2D eigenvalue weighted by molar-refractivity contribution is 0.513. The minimum Gasteiger partial charge on any atom is -0.467 e. The fraction of sp³-hybridized carbons (Fsp3) is 0.0909. The summed E-state index contributed by atoms with van der Waals surface area (Å²) in [6.45, 7) is 0.451. The summed E-state index contributed by atoms with van der Waals surface area (Å²) in [6.07, 6.45) is 1.73. The van der Waals surface area contributed by atoms with Gasteiger partial charge in [-0.3, -0.25) is 0 Å². The Morgan fingerprint density at radius 2 is 1.85 bits per heavy atom. The predicted molar refractivity (Wildman–Crippen MR) is 52.0 cm³/mol. The van der Waals surface area contributed by atoms with Gasteiger partial charge in [0.2, 0.25) is 0 Å². The fourth-order valence-electron chi connectivity index (χ4n) is 1.27. The fourth-order valence-corrected chi connectivity index (χ4v) is 1.27. The smallest absolute Gasteiger partial charge is 0.117 e. The van der Waals surface area contributed by atoms with E-state index >= 15 is 0 Å². The lowest BCUT2D eigenvalue weighted by Crippen LogP contribution is -1.92. The summed E-state index contributed by atoms with van der Waals surface area (Å²) in [7, 11) is 0. The summed E-state index contributed by atoms with van der Waals surface area (Å²) in [6, 6.07) is 12.1. The first-order valence-corrected chi connectivity index (χ1v) is 4.23. The van der Waals surface area contributed by atoms with Crippen molar-refractivity contribution in [1.29, 1.82) is 0 Å². The molecule has 2 heteroatoms. The van der Waals surface area contributed by atoms with Crippen LogP contribution in [-0.4, -0.2) is 0 Å². The molecule has 0 aliphatic heterocycles. The Labute approximate surface area is 77.0 Å². The van der Waals surface area contributed by atoms with Crippen molar-refractivity contribution in [3.8, 4) is 11.1 Å². The van der Waals surface area contributed by atoms with Gasteiger partial charge < -0.3 is 10.2 Å². The molecular formula is C11H11NO. The molecule has 2 nitrogen and oxygen atoms in total. The van der Waals surface area contributed by atoms with Gasteiger partial charge in [-0.1, -0.05) is 30.3 Å². The van der Waals surface area contributed by atoms with Crippen LogP contribution in [0.4, 0.5) is 0 Å². The topological polar surface area (TPSA) is 39.2 Å². The number of hydrogen-bond donors (Lipinski definition) is 1. The molecule has 2 N–H and O–H groups in total. The van der Waals surface area contributed by atoms with Gasteiger partial charge in [-0.2, -0.15) is 0 Å². The molecule has 0 amide bonds. The highest BCUT2D eigenvalue weighted by Crippen LogP contribution is 2.21. The molecule has 0 aliphatic carbocycles. The molecule has 0 unspecified atom stereocenters. The van der Waals surface area contributed by atoms with Gasteiger partial charge in [-0.25, -0.2) is 0 Å². The molecular weight excluding hydrogens is 162 g/mol. The number of furan rings is 1. The van der Waals surface area contributed by atoms with Crippen molar-refractivity contribution in [1.82, 2.24) is 0 Å². The summed E-state index contributed by atoms with van der Waals surface area (Å²) >= 11 is 0. The van der Waals surface area contributed by atoms with Crippen LogP contribution < -0.4 is 5.73 Å². The zero-order chi connectivity index (χ0) is 9.10. The molecule has 0 saturated heterocycles. The van der Waals surface area contributed by atoms with Gasteiger partial charge in [0.25, 0.3) is 0 Å². The second kappa shape index (κ2) is 3.46. The molecule has 1 aromatic heterocycles. The Bertz CT molecular complexity index is 378. The van der Waals surface area contributed by atoms with Gasteiger partial charge in [-0.05, 0) is 11.6 Å². The normalized spacial score (nSPS) is 10.2. The first-order valence-electron chi connectivity index (χ1n) is 4.23. The average Bonchev–Trinajstić information content (AvgIpc) is 2.67. The summed E-state index contributed by atoms with van der Waals surface area (Å²) in [5, 5.41) is 0. The Kier molecular flexibility index (Phi) is 2.15. The minimum absolute atomic E-state index is 0.451.